The predicted octanol–water partition coefficient (Wildman–Crippen LogP) is 3.32. The third-order valence-corrected chi connectivity index (χ3v) is 4.41. The standard InChI is InChI=1S/C21H20N6O2/c1-29-17-6-4-16(5-7-17)25-21(28)24-13-14-27-19(15-8-11-22-12-9-15)26-18-3-2-10-23-20(18)27/h2-12H,13-14H2,1H3,(H2,24,25,28). The maximum Gasteiger partial charge on any atom is 0.319 e. The molecule has 0 unspecified atom stereocenters. The van der Waals surface area contributed by atoms with Gasteiger partial charge < -0.3 is 19.9 Å². The topological polar surface area (TPSA) is 94.0 Å². The Hall–Kier alpha value is -3.94. The number of rotatable bonds is 6. The molecule has 1 aromatic carbocycles. The van der Waals surface area contributed by atoms with Crippen LogP contribution in [0, 0.1) is 0 Å². The Morgan fingerprint density at radius 3 is 2.62 bits per heavy atom. The molecule has 29 heavy (non-hydrogen) atoms. The fourth-order valence-corrected chi connectivity index (χ4v) is 3.02. The summed E-state index contributed by atoms with van der Waals surface area (Å²) >= 11 is 0. The minimum atomic E-state index is -0.280. The molecular formula is C21H20N6O2. The number of imidazole rings is 1. The van der Waals surface area contributed by atoms with Crippen molar-refractivity contribution in [2.45, 2.75) is 6.54 Å². The van der Waals surface area contributed by atoms with E-state index in [1.54, 1.807) is 50.0 Å². The molecule has 3 heterocycles. The molecule has 3 aromatic heterocycles. The van der Waals surface area contributed by atoms with E-state index < -0.39 is 0 Å². The number of hydrogen-bond donors (Lipinski definition) is 2. The van der Waals surface area contributed by atoms with Crippen molar-refractivity contribution in [1.29, 1.82) is 0 Å². The van der Waals surface area contributed by atoms with E-state index in [0.717, 1.165) is 28.3 Å². The highest BCUT2D eigenvalue weighted by atomic mass is 16.5. The van der Waals surface area contributed by atoms with Gasteiger partial charge in [0.1, 0.15) is 17.1 Å². The first-order valence-electron chi connectivity index (χ1n) is 9.15. The summed E-state index contributed by atoms with van der Waals surface area (Å²) in [6.45, 7) is 0.948. The number of pyridine rings is 2. The first-order valence-corrected chi connectivity index (χ1v) is 9.15. The van der Waals surface area contributed by atoms with Gasteiger partial charge in [0.25, 0.3) is 0 Å². The van der Waals surface area contributed by atoms with Crippen molar-refractivity contribution in [2.24, 2.45) is 0 Å². The van der Waals surface area contributed by atoms with Gasteiger partial charge in [-0.25, -0.2) is 14.8 Å². The van der Waals surface area contributed by atoms with Crippen LogP contribution in [-0.2, 0) is 6.54 Å². The van der Waals surface area contributed by atoms with Gasteiger partial charge in [-0.05, 0) is 48.5 Å². The van der Waals surface area contributed by atoms with Gasteiger partial charge in [0.05, 0.1) is 7.11 Å². The first kappa shape index (κ1) is 18.4. The Balaban J connectivity index is 1.46. The van der Waals surface area contributed by atoms with Crippen molar-refractivity contribution >= 4 is 22.9 Å². The third kappa shape index (κ3) is 4.16. The predicted molar refractivity (Wildman–Crippen MR) is 111 cm³/mol. The number of carbonyl (C=O) groups is 1. The van der Waals surface area contributed by atoms with E-state index in [0.29, 0.717) is 18.8 Å². The van der Waals surface area contributed by atoms with Crippen molar-refractivity contribution < 1.29 is 9.53 Å². The van der Waals surface area contributed by atoms with Gasteiger partial charge in [-0.15, -0.1) is 0 Å². The highest BCUT2D eigenvalue weighted by molar-refractivity contribution is 5.89. The number of urea groups is 1. The van der Waals surface area contributed by atoms with Crippen LogP contribution in [0.1, 0.15) is 0 Å². The Kier molecular flexibility index (Phi) is 5.33. The summed E-state index contributed by atoms with van der Waals surface area (Å²) in [5.74, 6) is 1.53. The zero-order valence-electron chi connectivity index (χ0n) is 15.9. The van der Waals surface area contributed by atoms with Gasteiger partial charge in [0.15, 0.2) is 5.65 Å². The van der Waals surface area contributed by atoms with Crippen LogP contribution < -0.4 is 15.4 Å². The number of fused-ring (bicyclic) bond motifs is 1. The molecule has 2 amide bonds. The van der Waals surface area contributed by atoms with Gasteiger partial charge in [-0.3, -0.25) is 4.98 Å². The monoisotopic (exact) mass is 388 g/mol. The number of ether oxygens (including phenoxy) is 1. The smallest absolute Gasteiger partial charge is 0.319 e. The lowest BCUT2D eigenvalue weighted by Crippen LogP contribution is -2.31. The second-order valence-electron chi connectivity index (χ2n) is 6.28. The molecule has 0 bridgehead atoms. The molecule has 0 aliphatic carbocycles. The number of carbonyl (C=O) groups excluding carboxylic acids is 1. The molecule has 0 saturated heterocycles. The van der Waals surface area contributed by atoms with Crippen LogP contribution in [0.2, 0.25) is 0 Å². The molecule has 0 atom stereocenters. The maximum atomic E-state index is 12.2. The maximum absolute atomic E-state index is 12.2. The number of methoxy groups -OCH3 is 1. The van der Waals surface area contributed by atoms with Crippen LogP contribution in [0.4, 0.5) is 10.5 Å². The van der Waals surface area contributed by atoms with Gasteiger partial charge in [-0.1, -0.05) is 0 Å². The van der Waals surface area contributed by atoms with Crippen LogP contribution in [-0.4, -0.2) is 39.2 Å². The fourth-order valence-electron chi connectivity index (χ4n) is 3.02. The third-order valence-electron chi connectivity index (χ3n) is 4.41. The molecule has 0 spiro atoms. The van der Waals surface area contributed by atoms with Crippen molar-refractivity contribution in [3.05, 3.63) is 67.1 Å². The highest BCUT2D eigenvalue weighted by Crippen LogP contribution is 2.22. The molecule has 4 aromatic rings. The summed E-state index contributed by atoms with van der Waals surface area (Å²) in [7, 11) is 1.60. The quantitative estimate of drug-likeness (QED) is 0.528. The van der Waals surface area contributed by atoms with Crippen molar-refractivity contribution in [1.82, 2.24) is 24.8 Å². The number of benzene rings is 1. The highest BCUT2D eigenvalue weighted by Gasteiger charge is 2.13. The summed E-state index contributed by atoms with van der Waals surface area (Å²) < 4.78 is 7.11. The van der Waals surface area contributed by atoms with Crippen LogP contribution in [0.15, 0.2) is 67.1 Å². The van der Waals surface area contributed by atoms with Crippen LogP contribution in [0.3, 0.4) is 0 Å². The summed E-state index contributed by atoms with van der Waals surface area (Å²) in [5.41, 5.74) is 3.22. The Bertz CT molecular complexity index is 1110. The summed E-state index contributed by atoms with van der Waals surface area (Å²) in [6.07, 6.45) is 5.20. The molecule has 0 aliphatic rings. The summed E-state index contributed by atoms with van der Waals surface area (Å²) in [6, 6.07) is 14.5. The fraction of sp³-hybridized carbons (Fsp3) is 0.143. The van der Waals surface area contributed by atoms with Crippen LogP contribution >= 0.6 is 0 Å². The van der Waals surface area contributed by atoms with E-state index in [1.165, 1.54) is 0 Å². The molecule has 0 saturated carbocycles. The molecule has 2 N–H and O–H groups in total. The van der Waals surface area contributed by atoms with Gasteiger partial charge in [0, 0.05) is 42.9 Å². The average molecular weight is 388 g/mol. The largest absolute Gasteiger partial charge is 0.497 e. The minimum absolute atomic E-state index is 0.280. The van der Waals surface area contributed by atoms with Crippen molar-refractivity contribution in [3.63, 3.8) is 0 Å². The second kappa shape index (κ2) is 8.39. The Morgan fingerprint density at radius 2 is 1.86 bits per heavy atom. The van der Waals surface area contributed by atoms with E-state index in [9.17, 15) is 4.79 Å². The summed E-state index contributed by atoms with van der Waals surface area (Å²) in [4.78, 5) is 25.4. The van der Waals surface area contributed by atoms with E-state index in [1.807, 2.05) is 28.8 Å². The number of hydrogen-bond acceptors (Lipinski definition) is 5. The molecule has 0 aliphatic heterocycles. The minimum Gasteiger partial charge on any atom is -0.497 e. The Labute approximate surface area is 167 Å². The SMILES string of the molecule is COc1ccc(NC(=O)NCCn2c(-c3ccncc3)nc3cccnc32)cc1. The lowest BCUT2D eigenvalue weighted by atomic mass is 10.2. The molecule has 0 radical (unpaired) electrons. The zero-order chi connectivity index (χ0) is 20.1. The van der Waals surface area contributed by atoms with E-state index in [2.05, 4.69) is 20.6 Å². The van der Waals surface area contributed by atoms with Crippen molar-refractivity contribution in [3.8, 4) is 17.1 Å². The van der Waals surface area contributed by atoms with Gasteiger partial charge >= 0.3 is 6.03 Å². The van der Waals surface area contributed by atoms with Gasteiger partial charge in [0.2, 0.25) is 0 Å². The van der Waals surface area contributed by atoms with Gasteiger partial charge in [-0.2, -0.15) is 0 Å². The lowest BCUT2D eigenvalue weighted by Gasteiger charge is -2.11. The molecular weight excluding hydrogens is 368 g/mol. The van der Waals surface area contributed by atoms with E-state index in [4.69, 9.17) is 9.72 Å². The molecule has 146 valence electrons. The molecule has 0 fully saturated rings. The number of amides is 2. The number of nitrogens with zero attached hydrogens (tertiary/aromatic N) is 4. The molecule has 8 nitrogen and oxygen atoms in total. The van der Waals surface area contributed by atoms with Crippen molar-refractivity contribution in [2.75, 3.05) is 19.0 Å². The first-order chi connectivity index (χ1) is 14.2. The normalized spacial score (nSPS) is 10.7. The number of nitrogens with one attached hydrogen (secondary N) is 2. The lowest BCUT2D eigenvalue weighted by molar-refractivity contribution is 0.251. The molecule has 4 rings (SSSR count). The average Bonchev–Trinajstić information content (AvgIpc) is 3.14. The molecule has 8 heteroatoms. The number of aromatic nitrogens is 4. The zero-order valence-corrected chi connectivity index (χ0v) is 15.9. The second-order valence-corrected chi connectivity index (χ2v) is 6.28. The van der Waals surface area contributed by atoms with Crippen LogP contribution in [0.5, 0.6) is 5.75 Å². The van der Waals surface area contributed by atoms with E-state index in [-0.39, 0.29) is 6.03 Å². The Morgan fingerprint density at radius 1 is 1.07 bits per heavy atom. The number of anilines is 1. The summed E-state index contributed by atoms with van der Waals surface area (Å²) in [5, 5.41) is 5.67. The van der Waals surface area contributed by atoms with Crippen LogP contribution in [0.25, 0.3) is 22.6 Å². The van der Waals surface area contributed by atoms with E-state index >= 15 is 0 Å².